The SMILES string of the molecule is CC(C)(C)OC(=O)N(CCCN)C(=N)N. The first-order valence-electron chi connectivity index (χ1n) is 4.82. The molecule has 0 aliphatic rings. The van der Waals surface area contributed by atoms with Crippen molar-refractivity contribution >= 4 is 12.1 Å². The minimum Gasteiger partial charge on any atom is -0.443 e. The molecular weight excluding hydrogens is 196 g/mol. The molecule has 0 rings (SSSR count). The highest BCUT2D eigenvalue weighted by Crippen LogP contribution is 2.09. The van der Waals surface area contributed by atoms with E-state index < -0.39 is 11.7 Å². The van der Waals surface area contributed by atoms with Gasteiger partial charge in [0.25, 0.3) is 0 Å². The van der Waals surface area contributed by atoms with Crippen LogP contribution in [0.2, 0.25) is 0 Å². The van der Waals surface area contributed by atoms with Crippen molar-refractivity contribution in [1.82, 2.24) is 4.90 Å². The van der Waals surface area contributed by atoms with Gasteiger partial charge < -0.3 is 16.2 Å². The number of nitrogens with two attached hydrogens (primary N) is 2. The number of ether oxygens (including phenoxy) is 1. The van der Waals surface area contributed by atoms with Gasteiger partial charge in [-0.3, -0.25) is 5.41 Å². The molecule has 0 fully saturated rings. The summed E-state index contributed by atoms with van der Waals surface area (Å²) in [7, 11) is 0. The molecule has 0 aromatic heterocycles. The second-order valence-electron chi connectivity index (χ2n) is 4.16. The summed E-state index contributed by atoms with van der Waals surface area (Å²) < 4.78 is 5.08. The van der Waals surface area contributed by atoms with Crippen molar-refractivity contribution in [2.45, 2.75) is 32.8 Å². The largest absolute Gasteiger partial charge is 0.443 e. The molecule has 0 saturated heterocycles. The summed E-state index contributed by atoms with van der Waals surface area (Å²) >= 11 is 0. The Balaban J connectivity index is 4.36. The number of rotatable bonds is 3. The monoisotopic (exact) mass is 216 g/mol. The van der Waals surface area contributed by atoms with Crippen LogP contribution in [0, 0.1) is 5.41 Å². The van der Waals surface area contributed by atoms with Gasteiger partial charge in [0.15, 0.2) is 5.96 Å². The van der Waals surface area contributed by atoms with E-state index in [0.29, 0.717) is 19.5 Å². The topological polar surface area (TPSA) is 105 Å². The Morgan fingerprint density at radius 1 is 1.47 bits per heavy atom. The summed E-state index contributed by atoms with van der Waals surface area (Å²) in [5, 5.41) is 7.23. The van der Waals surface area contributed by atoms with E-state index in [1.807, 2.05) is 0 Å². The van der Waals surface area contributed by atoms with Crippen molar-refractivity contribution in [3.63, 3.8) is 0 Å². The van der Waals surface area contributed by atoms with Gasteiger partial charge >= 0.3 is 6.09 Å². The second-order valence-corrected chi connectivity index (χ2v) is 4.16. The van der Waals surface area contributed by atoms with Crippen molar-refractivity contribution < 1.29 is 9.53 Å². The lowest BCUT2D eigenvalue weighted by Crippen LogP contribution is -2.45. The quantitative estimate of drug-likeness (QED) is 0.471. The molecule has 0 saturated carbocycles. The molecule has 0 radical (unpaired) electrons. The number of hydrogen-bond acceptors (Lipinski definition) is 4. The number of nitrogens with one attached hydrogen (secondary N) is 1. The molecule has 0 aromatic carbocycles. The third-order valence-electron chi connectivity index (χ3n) is 1.49. The van der Waals surface area contributed by atoms with Gasteiger partial charge in [0.2, 0.25) is 0 Å². The lowest BCUT2D eigenvalue weighted by Gasteiger charge is -2.25. The van der Waals surface area contributed by atoms with Crippen LogP contribution in [0.1, 0.15) is 27.2 Å². The Kier molecular flexibility index (Phi) is 5.07. The molecule has 15 heavy (non-hydrogen) atoms. The van der Waals surface area contributed by atoms with Gasteiger partial charge in [0, 0.05) is 6.54 Å². The fourth-order valence-electron chi connectivity index (χ4n) is 0.877. The molecule has 0 heterocycles. The molecule has 88 valence electrons. The van der Waals surface area contributed by atoms with Crippen LogP contribution >= 0.6 is 0 Å². The Morgan fingerprint density at radius 2 is 2.00 bits per heavy atom. The van der Waals surface area contributed by atoms with Crippen molar-refractivity contribution in [3.8, 4) is 0 Å². The number of guanidine groups is 1. The van der Waals surface area contributed by atoms with Crippen LogP contribution in [0.25, 0.3) is 0 Å². The van der Waals surface area contributed by atoms with E-state index in [1.165, 1.54) is 0 Å². The van der Waals surface area contributed by atoms with Crippen LogP contribution in [0.4, 0.5) is 4.79 Å². The molecule has 0 unspecified atom stereocenters. The normalized spacial score (nSPS) is 10.9. The molecule has 1 amide bonds. The molecule has 0 aliphatic heterocycles. The van der Waals surface area contributed by atoms with Crippen LogP contribution in [0.3, 0.4) is 0 Å². The van der Waals surface area contributed by atoms with Crippen LogP contribution in [-0.4, -0.2) is 35.6 Å². The predicted molar refractivity (Wildman–Crippen MR) is 58.5 cm³/mol. The maximum Gasteiger partial charge on any atom is 0.417 e. The summed E-state index contributed by atoms with van der Waals surface area (Å²) in [5.74, 6) is -0.322. The third-order valence-corrected chi connectivity index (χ3v) is 1.49. The Morgan fingerprint density at radius 3 is 2.33 bits per heavy atom. The molecule has 0 bridgehead atoms. The summed E-state index contributed by atoms with van der Waals surface area (Å²) in [5.41, 5.74) is 9.99. The highest BCUT2D eigenvalue weighted by atomic mass is 16.6. The summed E-state index contributed by atoms with van der Waals surface area (Å²) in [6.45, 7) is 6.01. The molecule has 0 aliphatic carbocycles. The van der Waals surface area contributed by atoms with E-state index in [0.717, 1.165) is 4.90 Å². The zero-order valence-electron chi connectivity index (χ0n) is 9.54. The Hall–Kier alpha value is -1.30. The molecule has 6 heteroatoms. The molecular formula is C9H20N4O2. The predicted octanol–water partition coefficient (Wildman–Crippen LogP) is 0.466. The first kappa shape index (κ1) is 13.7. The molecule has 0 atom stereocenters. The molecule has 5 N–H and O–H groups in total. The fourth-order valence-corrected chi connectivity index (χ4v) is 0.877. The fraction of sp³-hybridized carbons (Fsp3) is 0.778. The lowest BCUT2D eigenvalue weighted by molar-refractivity contribution is 0.0366. The minimum atomic E-state index is -0.608. The average molecular weight is 216 g/mol. The Labute approximate surface area is 90.1 Å². The van der Waals surface area contributed by atoms with E-state index in [4.69, 9.17) is 21.6 Å². The van der Waals surface area contributed by atoms with Crippen LogP contribution in [-0.2, 0) is 4.74 Å². The van der Waals surface area contributed by atoms with Crippen molar-refractivity contribution in [3.05, 3.63) is 0 Å². The number of carbonyl (C=O) groups excluding carboxylic acids is 1. The molecule has 6 nitrogen and oxygen atoms in total. The zero-order valence-corrected chi connectivity index (χ0v) is 9.54. The smallest absolute Gasteiger partial charge is 0.417 e. The summed E-state index contributed by atoms with van der Waals surface area (Å²) in [6, 6.07) is 0. The van der Waals surface area contributed by atoms with E-state index in [1.54, 1.807) is 20.8 Å². The minimum absolute atomic E-state index is 0.306. The summed E-state index contributed by atoms with van der Waals surface area (Å²) in [6.07, 6.45) is -0.0258. The molecule has 0 spiro atoms. The highest BCUT2D eigenvalue weighted by molar-refractivity contribution is 5.91. The van der Waals surface area contributed by atoms with Gasteiger partial charge in [-0.25, -0.2) is 9.69 Å². The van der Waals surface area contributed by atoms with Crippen molar-refractivity contribution in [2.75, 3.05) is 13.1 Å². The number of nitrogens with zero attached hydrogens (tertiary/aromatic N) is 1. The van der Waals surface area contributed by atoms with E-state index in [2.05, 4.69) is 0 Å². The maximum absolute atomic E-state index is 11.5. The van der Waals surface area contributed by atoms with Crippen LogP contribution < -0.4 is 11.5 Å². The van der Waals surface area contributed by atoms with Gasteiger partial charge in [0.1, 0.15) is 5.60 Å². The second kappa shape index (κ2) is 5.55. The maximum atomic E-state index is 11.5. The van der Waals surface area contributed by atoms with Crippen molar-refractivity contribution in [1.29, 1.82) is 5.41 Å². The van der Waals surface area contributed by atoms with Crippen LogP contribution in [0.5, 0.6) is 0 Å². The van der Waals surface area contributed by atoms with Gasteiger partial charge in [-0.05, 0) is 33.7 Å². The standard InChI is InChI=1S/C9H20N4O2/c1-9(2,3)15-8(14)13(7(11)12)6-4-5-10/h4-6,10H2,1-3H3,(H3,11,12). The number of amides is 1. The van der Waals surface area contributed by atoms with E-state index in [9.17, 15) is 4.79 Å². The highest BCUT2D eigenvalue weighted by Gasteiger charge is 2.23. The number of hydrogen-bond donors (Lipinski definition) is 3. The van der Waals surface area contributed by atoms with Crippen LogP contribution in [0.15, 0.2) is 0 Å². The number of carbonyl (C=O) groups is 1. The van der Waals surface area contributed by atoms with Gasteiger partial charge in [-0.1, -0.05) is 0 Å². The third kappa shape index (κ3) is 5.90. The zero-order chi connectivity index (χ0) is 12.1. The Bertz CT molecular complexity index is 235. The van der Waals surface area contributed by atoms with E-state index in [-0.39, 0.29) is 5.96 Å². The van der Waals surface area contributed by atoms with E-state index >= 15 is 0 Å². The molecule has 0 aromatic rings. The first-order valence-corrected chi connectivity index (χ1v) is 4.82. The average Bonchev–Trinajstić information content (AvgIpc) is 2.00. The lowest BCUT2D eigenvalue weighted by atomic mass is 10.2. The van der Waals surface area contributed by atoms with Gasteiger partial charge in [0.05, 0.1) is 0 Å². The van der Waals surface area contributed by atoms with Gasteiger partial charge in [-0.15, -0.1) is 0 Å². The van der Waals surface area contributed by atoms with Crippen molar-refractivity contribution in [2.24, 2.45) is 11.5 Å². The summed E-state index contributed by atoms with van der Waals surface area (Å²) in [4.78, 5) is 12.6. The first-order chi connectivity index (χ1) is 6.78. The van der Waals surface area contributed by atoms with Gasteiger partial charge in [-0.2, -0.15) is 0 Å².